The summed E-state index contributed by atoms with van der Waals surface area (Å²) in [7, 11) is 1.65. The van der Waals surface area contributed by atoms with Gasteiger partial charge in [-0.05, 0) is 62.8 Å². The van der Waals surface area contributed by atoms with Gasteiger partial charge >= 0.3 is 0 Å². The SMILES string of the molecule is CN/N=C(/N)c1c(-c2ccc(OC3CCCC3)cc2)nn(C2CCCN(C=O)C2)c1C=O. The minimum Gasteiger partial charge on any atom is -0.490 e. The lowest BCUT2D eigenvalue weighted by molar-refractivity contribution is -0.119. The van der Waals surface area contributed by atoms with Gasteiger partial charge in [0.1, 0.15) is 17.1 Å². The number of rotatable bonds is 8. The number of aromatic nitrogens is 2. The zero-order valence-corrected chi connectivity index (χ0v) is 18.4. The number of nitrogens with zero attached hydrogens (tertiary/aromatic N) is 4. The number of likely N-dealkylation sites (tertiary alicyclic amines) is 1. The highest BCUT2D eigenvalue weighted by Crippen LogP contribution is 2.31. The van der Waals surface area contributed by atoms with E-state index in [0.717, 1.165) is 49.7 Å². The maximum Gasteiger partial charge on any atom is 0.209 e. The molecule has 1 saturated heterocycles. The third-order valence-electron chi connectivity index (χ3n) is 6.20. The highest BCUT2D eigenvalue weighted by Gasteiger charge is 2.29. The molecule has 1 aliphatic carbocycles. The fraction of sp³-hybridized carbons (Fsp3) is 0.478. The van der Waals surface area contributed by atoms with Gasteiger partial charge in [-0.2, -0.15) is 10.2 Å². The van der Waals surface area contributed by atoms with E-state index in [4.69, 9.17) is 15.6 Å². The summed E-state index contributed by atoms with van der Waals surface area (Å²) >= 11 is 0. The molecule has 0 radical (unpaired) electrons. The minimum absolute atomic E-state index is 0.103. The first-order valence-electron chi connectivity index (χ1n) is 11.2. The Morgan fingerprint density at radius 3 is 2.59 bits per heavy atom. The highest BCUT2D eigenvalue weighted by atomic mass is 16.5. The quantitative estimate of drug-likeness (QED) is 0.283. The van der Waals surface area contributed by atoms with Crippen molar-refractivity contribution in [1.82, 2.24) is 20.1 Å². The van der Waals surface area contributed by atoms with Crippen molar-refractivity contribution in [2.75, 3.05) is 20.1 Å². The number of carbonyl (C=O) groups is 2. The maximum absolute atomic E-state index is 12.1. The van der Waals surface area contributed by atoms with Crippen molar-refractivity contribution >= 4 is 18.5 Å². The number of hydrogen-bond acceptors (Lipinski definition) is 6. The second-order valence-corrected chi connectivity index (χ2v) is 8.34. The Hall–Kier alpha value is -3.36. The highest BCUT2D eigenvalue weighted by molar-refractivity contribution is 6.07. The van der Waals surface area contributed by atoms with Crippen LogP contribution in [0.2, 0.25) is 0 Å². The molecular formula is C23H30N6O3. The van der Waals surface area contributed by atoms with Crippen molar-refractivity contribution in [3.63, 3.8) is 0 Å². The monoisotopic (exact) mass is 438 g/mol. The number of carbonyl (C=O) groups excluding carboxylic acids is 2. The zero-order chi connectivity index (χ0) is 22.5. The van der Waals surface area contributed by atoms with Crippen molar-refractivity contribution in [1.29, 1.82) is 0 Å². The van der Waals surface area contributed by atoms with Gasteiger partial charge in [0, 0.05) is 25.7 Å². The number of amides is 1. The zero-order valence-electron chi connectivity index (χ0n) is 18.4. The summed E-state index contributed by atoms with van der Waals surface area (Å²) in [6.45, 7) is 1.21. The number of ether oxygens (including phenoxy) is 1. The predicted molar refractivity (Wildman–Crippen MR) is 122 cm³/mol. The van der Waals surface area contributed by atoms with Crippen LogP contribution in [0, 0.1) is 0 Å². The summed E-state index contributed by atoms with van der Waals surface area (Å²) in [5.41, 5.74) is 11.2. The van der Waals surface area contributed by atoms with Gasteiger partial charge in [-0.1, -0.05) is 0 Å². The van der Waals surface area contributed by atoms with Crippen LogP contribution < -0.4 is 15.9 Å². The minimum atomic E-state index is -0.103. The van der Waals surface area contributed by atoms with E-state index in [1.54, 1.807) is 16.6 Å². The molecular weight excluding hydrogens is 408 g/mol. The lowest BCUT2D eigenvalue weighted by Crippen LogP contribution is -2.36. The van der Waals surface area contributed by atoms with E-state index >= 15 is 0 Å². The van der Waals surface area contributed by atoms with E-state index in [1.807, 2.05) is 24.3 Å². The van der Waals surface area contributed by atoms with Gasteiger partial charge in [0.2, 0.25) is 6.41 Å². The summed E-state index contributed by atoms with van der Waals surface area (Å²) in [6.07, 6.45) is 8.17. The summed E-state index contributed by atoms with van der Waals surface area (Å²) < 4.78 is 7.78. The molecule has 9 heteroatoms. The number of nitrogens with two attached hydrogens (primary N) is 1. The Kier molecular flexibility index (Phi) is 6.72. The fourth-order valence-electron chi connectivity index (χ4n) is 4.64. The molecule has 2 aliphatic rings. The largest absolute Gasteiger partial charge is 0.490 e. The molecule has 1 unspecified atom stereocenters. The number of nitrogens with one attached hydrogen (secondary N) is 1. The van der Waals surface area contributed by atoms with Crippen molar-refractivity contribution in [2.24, 2.45) is 10.8 Å². The van der Waals surface area contributed by atoms with Gasteiger partial charge in [0.05, 0.1) is 17.7 Å². The molecule has 2 fully saturated rings. The Labute approximate surface area is 187 Å². The van der Waals surface area contributed by atoms with Crippen LogP contribution >= 0.6 is 0 Å². The summed E-state index contributed by atoms with van der Waals surface area (Å²) in [4.78, 5) is 25.2. The number of piperidine rings is 1. The first-order valence-corrected chi connectivity index (χ1v) is 11.2. The Balaban J connectivity index is 1.71. The van der Waals surface area contributed by atoms with Crippen molar-refractivity contribution in [3.8, 4) is 17.0 Å². The van der Waals surface area contributed by atoms with Gasteiger partial charge in [0.15, 0.2) is 12.1 Å². The third kappa shape index (κ3) is 4.46. The molecule has 0 bridgehead atoms. The standard InChI is InChI=1S/C23H30N6O3/c1-25-26-23(24)21-20(14-30)29(17-5-4-12-28(13-17)15-31)27-22(21)16-8-10-19(11-9-16)32-18-6-2-3-7-18/h8-11,14-15,17-18,25H,2-7,12-13H2,1H3,(H2,24,26). The first kappa shape index (κ1) is 21.9. The second kappa shape index (κ2) is 9.84. The molecule has 1 aromatic carbocycles. The van der Waals surface area contributed by atoms with Gasteiger partial charge < -0.3 is 20.8 Å². The number of benzene rings is 1. The topological polar surface area (TPSA) is 115 Å². The van der Waals surface area contributed by atoms with E-state index in [2.05, 4.69) is 10.5 Å². The van der Waals surface area contributed by atoms with Crippen LogP contribution in [0.3, 0.4) is 0 Å². The molecule has 0 spiro atoms. The van der Waals surface area contributed by atoms with E-state index in [0.29, 0.717) is 30.0 Å². The van der Waals surface area contributed by atoms with Gasteiger partial charge in [-0.15, -0.1) is 0 Å². The van der Waals surface area contributed by atoms with Crippen molar-refractivity contribution in [2.45, 2.75) is 50.7 Å². The molecule has 1 saturated carbocycles. The van der Waals surface area contributed by atoms with Gasteiger partial charge in [-0.3, -0.25) is 14.3 Å². The van der Waals surface area contributed by atoms with Crippen LogP contribution in [0.4, 0.5) is 0 Å². The molecule has 1 amide bonds. The molecule has 170 valence electrons. The van der Waals surface area contributed by atoms with Crippen LogP contribution in [-0.2, 0) is 4.79 Å². The second-order valence-electron chi connectivity index (χ2n) is 8.34. The van der Waals surface area contributed by atoms with Gasteiger partial charge in [-0.25, -0.2) is 0 Å². The summed E-state index contributed by atoms with van der Waals surface area (Å²) in [6, 6.07) is 7.61. The van der Waals surface area contributed by atoms with Crippen LogP contribution in [0.15, 0.2) is 29.4 Å². The normalized spacial score (nSPS) is 19.7. The number of amidine groups is 1. The van der Waals surface area contributed by atoms with E-state index in [9.17, 15) is 9.59 Å². The van der Waals surface area contributed by atoms with E-state index in [1.165, 1.54) is 12.8 Å². The molecule has 2 aromatic rings. The molecule has 1 atom stereocenters. The smallest absolute Gasteiger partial charge is 0.209 e. The number of hydrazone groups is 1. The lowest BCUT2D eigenvalue weighted by atomic mass is 10.0. The summed E-state index contributed by atoms with van der Waals surface area (Å²) in [5.74, 6) is 1.01. The van der Waals surface area contributed by atoms with E-state index < -0.39 is 0 Å². The van der Waals surface area contributed by atoms with Crippen LogP contribution in [0.1, 0.15) is 60.6 Å². The average molecular weight is 439 g/mol. The van der Waals surface area contributed by atoms with E-state index in [-0.39, 0.29) is 18.0 Å². The predicted octanol–water partition coefficient (Wildman–Crippen LogP) is 2.32. The average Bonchev–Trinajstić information content (AvgIpc) is 3.47. The molecule has 1 aliphatic heterocycles. The molecule has 2 heterocycles. The molecule has 3 N–H and O–H groups in total. The van der Waals surface area contributed by atoms with Gasteiger partial charge in [0.25, 0.3) is 0 Å². The summed E-state index contributed by atoms with van der Waals surface area (Å²) in [5, 5.41) is 8.90. The molecule has 9 nitrogen and oxygen atoms in total. The fourth-order valence-corrected chi connectivity index (χ4v) is 4.64. The Morgan fingerprint density at radius 2 is 1.94 bits per heavy atom. The van der Waals surface area contributed by atoms with Crippen LogP contribution in [0.5, 0.6) is 5.75 Å². The molecule has 4 rings (SSSR count). The lowest BCUT2D eigenvalue weighted by Gasteiger charge is -2.30. The Morgan fingerprint density at radius 1 is 1.19 bits per heavy atom. The number of hydrogen-bond donors (Lipinski definition) is 2. The first-order chi connectivity index (χ1) is 15.6. The van der Waals surface area contributed by atoms with Crippen molar-refractivity contribution in [3.05, 3.63) is 35.5 Å². The maximum atomic E-state index is 12.1. The Bertz CT molecular complexity index is 978. The van der Waals surface area contributed by atoms with Crippen LogP contribution in [-0.4, -0.2) is 59.5 Å². The molecule has 1 aromatic heterocycles. The number of aldehydes is 1. The third-order valence-corrected chi connectivity index (χ3v) is 6.20. The molecule has 32 heavy (non-hydrogen) atoms. The van der Waals surface area contributed by atoms with Crippen LogP contribution in [0.25, 0.3) is 11.3 Å². The van der Waals surface area contributed by atoms with Crippen molar-refractivity contribution < 1.29 is 14.3 Å².